The molecule has 3 heteroatoms. The number of aromatic nitrogens is 1. The molecule has 2 saturated heterocycles. The Bertz CT molecular complexity index is 560. The lowest BCUT2D eigenvalue weighted by molar-refractivity contribution is 0.413. The van der Waals surface area contributed by atoms with Crippen LogP contribution in [-0.4, -0.2) is 30.2 Å². The Kier molecular flexibility index (Phi) is 2.33. The average molecular weight is 241 g/mol. The molecule has 0 amide bonds. The number of rotatable bonds is 1. The monoisotopic (exact) mass is 241 g/mol. The van der Waals surface area contributed by atoms with E-state index in [-0.39, 0.29) is 0 Å². The molecule has 2 N–H and O–H groups in total. The van der Waals surface area contributed by atoms with Gasteiger partial charge >= 0.3 is 0 Å². The quantitative estimate of drug-likeness (QED) is 0.803. The summed E-state index contributed by atoms with van der Waals surface area (Å²) in [5.41, 5.74) is 2.64. The minimum absolute atomic E-state index is 0.693. The molecule has 2 unspecified atom stereocenters. The predicted molar refractivity (Wildman–Crippen MR) is 75.1 cm³/mol. The van der Waals surface area contributed by atoms with E-state index in [1.165, 1.54) is 48.9 Å². The van der Waals surface area contributed by atoms with Crippen molar-refractivity contribution in [2.75, 3.05) is 18.0 Å². The maximum Gasteiger partial charge on any atom is 0.0626 e. The molecule has 2 aliphatic rings. The molecule has 94 valence electrons. The maximum atomic E-state index is 3.65. The molecule has 0 spiro atoms. The van der Waals surface area contributed by atoms with E-state index in [1.807, 2.05) is 0 Å². The van der Waals surface area contributed by atoms with Gasteiger partial charge in [-0.15, -0.1) is 0 Å². The molecule has 0 radical (unpaired) electrons. The zero-order chi connectivity index (χ0) is 11.9. The minimum atomic E-state index is 0.693. The van der Waals surface area contributed by atoms with Crippen LogP contribution < -0.4 is 10.2 Å². The van der Waals surface area contributed by atoms with Crippen molar-refractivity contribution in [3.63, 3.8) is 0 Å². The average Bonchev–Trinajstić information content (AvgIpc) is 3.05. The van der Waals surface area contributed by atoms with Crippen LogP contribution in [0, 0.1) is 0 Å². The van der Waals surface area contributed by atoms with Gasteiger partial charge in [0, 0.05) is 35.7 Å². The molecule has 0 aliphatic carbocycles. The lowest BCUT2D eigenvalue weighted by atomic mass is 9.96. The van der Waals surface area contributed by atoms with Gasteiger partial charge in [0.1, 0.15) is 0 Å². The smallest absolute Gasteiger partial charge is 0.0626 e. The van der Waals surface area contributed by atoms with E-state index in [0.717, 1.165) is 0 Å². The maximum absolute atomic E-state index is 3.65. The highest BCUT2D eigenvalue weighted by molar-refractivity contribution is 5.93. The molecule has 2 atom stereocenters. The van der Waals surface area contributed by atoms with Crippen molar-refractivity contribution < 1.29 is 0 Å². The van der Waals surface area contributed by atoms with Crippen molar-refractivity contribution >= 4 is 16.6 Å². The molecule has 2 aromatic rings. The minimum Gasteiger partial charge on any atom is -0.365 e. The molecule has 2 aliphatic heterocycles. The van der Waals surface area contributed by atoms with E-state index < -0.39 is 0 Å². The van der Waals surface area contributed by atoms with Gasteiger partial charge < -0.3 is 15.2 Å². The summed E-state index contributed by atoms with van der Waals surface area (Å²) in [4.78, 5) is 6.02. The highest BCUT2D eigenvalue weighted by atomic mass is 15.2. The third-order valence-corrected chi connectivity index (χ3v) is 4.50. The number of H-pyrrole nitrogens is 1. The van der Waals surface area contributed by atoms with Crippen LogP contribution in [0.5, 0.6) is 0 Å². The van der Waals surface area contributed by atoms with E-state index >= 15 is 0 Å². The van der Waals surface area contributed by atoms with Crippen LogP contribution in [0.3, 0.4) is 0 Å². The first-order valence-electron chi connectivity index (χ1n) is 6.99. The number of para-hydroxylation sites is 1. The number of aromatic amines is 1. The van der Waals surface area contributed by atoms with Crippen LogP contribution in [0.2, 0.25) is 0 Å². The van der Waals surface area contributed by atoms with Crippen LogP contribution in [0.25, 0.3) is 10.9 Å². The van der Waals surface area contributed by atoms with Crippen LogP contribution in [0.4, 0.5) is 5.69 Å². The first-order chi connectivity index (χ1) is 8.93. The number of anilines is 1. The van der Waals surface area contributed by atoms with Crippen LogP contribution in [-0.2, 0) is 0 Å². The number of nitrogens with zero attached hydrogens (tertiary/aromatic N) is 1. The van der Waals surface area contributed by atoms with Crippen molar-refractivity contribution in [2.45, 2.75) is 31.3 Å². The van der Waals surface area contributed by atoms with Crippen LogP contribution >= 0.6 is 0 Å². The van der Waals surface area contributed by atoms with E-state index in [4.69, 9.17) is 0 Å². The summed E-state index contributed by atoms with van der Waals surface area (Å²) < 4.78 is 0. The summed E-state index contributed by atoms with van der Waals surface area (Å²) in [6.07, 6.45) is 6.10. The Labute approximate surface area is 107 Å². The number of benzene rings is 1. The summed E-state index contributed by atoms with van der Waals surface area (Å²) in [5.74, 6) is 0. The fourth-order valence-corrected chi connectivity index (χ4v) is 3.66. The summed E-state index contributed by atoms with van der Waals surface area (Å²) in [5, 5.41) is 5.01. The fourth-order valence-electron chi connectivity index (χ4n) is 3.66. The summed E-state index contributed by atoms with van der Waals surface area (Å²) >= 11 is 0. The van der Waals surface area contributed by atoms with Crippen molar-refractivity contribution in [3.05, 3.63) is 30.5 Å². The highest BCUT2D eigenvalue weighted by Crippen LogP contribution is 2.34. The van der Waals surface area contributed by atoms with Crippen LogP contribution in [0.15, 0.2) is 30.5 Å². The predicted octanol–water partition coefficient (Wildman–Crippen LogP) is 2.50. The van der Waals surface area contributed by atoms with Gasteiger partial charge in [0.15, 0.2) is 0 Å². The highest BCUT2D eigenvalue weighted by Gasteiger charge is 2.35. The zero-order valence-electron chi connectivity index (χ0n) is 10.5. The van der Waals surface area contributed by atoms with E-state index in [1.54, 1.807) is 0 Å². The van der Waals surface area contributed by atoms with Gasteiger partial charge in [-0.3, -0.25) is 0 Å². The Morgan fingerprint density at radius 3 is 3.11 bits per heavy atom. The molecule has 3 nitrogen and oxygen atoms in total. The molecule has 0 bridgehead atoms. The van der Waals surface area contributed by atoms with Gasteiger partial charge in [-0.1, -0.05) is 18.2 Å². The van der Waals surface area contributed by atoms with Crippen LogP contribution in [0.1, 0.15) is 19.3 Å². The first-order valence-corrected chi connectivity index (χ1v) is 6.99. The van der Waals surface area contributed by atoms with Crippen molar-refractivity contribution in [1.82, 2.24) is 10.3 Å². The van der Waals surface area contributed by atoms with Gasteiger partial charge in [0.2, 0.25) is 0 Å². The summed E-state index contributed by atoms with van der Waals surface area (Å²) in [7, 11) is 0. The van der Waals surface area contributed by atoms with E-state index in [0.29, 0.717) is 12.1 Å². The van der Waals surface area contributed by atoms with Gasteiger partial charge in [-0.25, -0.2) is 0 Å². The molecule has 0 saturated carbocycles. The topological polar surface area (TPSA) is 31.1 Å². The molecule has 3 heterocycles. The fraction of sp³-hybridized carbons (Fsp3) is 0.467. The van der Waals surface area contributed by atoms with Gasteiger partial charge in [0.25, 0.3) is 0 Å². The molecule has 18 heavy (non-hydrogen) atoms. The van der Waals surface area contributed by atoms with Gasteiger partial charge in [-0.2, -0.15) is 0 Å². The van der Waals surface area contributed by atoms with Gasteiger partial charge in [0.05, 0.1) is 5.69 Å². The number of hydrogen-bond donors (Lipinski definition) is 2. The third kappa shape index (κ3) is 1.47. The normalized spacial score (nSPS) is 27.7. The Hall–Kier alpha value is -1.48. The number of nitrogens with one attached hydrogen (secondary N) is 2. The Balaban J connectivity index is 1.77. The van der Waals surface area contributed by atoms with E-state index in [9.17, 15) is 0 Å². The third-order valence-electron chi connectivity index (χ3n) is 4.50. The van der Waals surface area contributed by atoms with Crippen molar-refractivity contribution in [1.29, 1.82) is 0 Å². The molecule has 1 aromatic heterocycles. The summed E-state index contributed by atoms with van der Waals surface area (Å²) in [6, 6.07) is 10.0. The number of piperidine rings is 1. The second kappa shape index (κ2) is 4.02. The van der Waals surface area contributed by atoms with E-state index in [2.05, 4.69) is 45.7 Å². The lowest BCUT2D eigenvalue weighted by Crippen LogP contribution is -2.48. The molecule has 1 aromatic carbocycles. The second-order valence-electron chi connectivity index (χ2n) is 5.47. The molecule has 4 rings (SSSR count). The zero-order valence-corrected chi connectivity index (χ0v) is 10.5. The number of hydrogen-bond acceptors (Lipinski definition) is 2. The Morgan fingerprint density at radius 1 is 1.17 bits per heavy atom. The SMILES string of the molecule is c1ccc2c(N3CCCC4NCCC43)c[nH]c2c1. The molecular formula is C15H19N3. The van der Waals surface area contributed by atoms with Gasteiger partial charge in [-0.05, 0) is 31.9 Å². The first kappa shape index (κ1) is 10.4. The lowest BCUT2D eigenvalue weighted by Gasteiger charge is -2.38. The molecular weight excluding hydrogens is 222 g/mol. The molecule has 2 fully saturated rings. The summed E-state index contributed by atoms with van der Waals surface area (Å²) in [6.45, 7) is 2.37. The largest absolute Gasteiger partial charge is 0.365 e. The second-order valence-corrected chi connectivity index (χ2v) is 5.47. The van der Waals surface area contributed by atoms with Crippen molar-refractivity contribution in [3.8, 4) is 0 Å². The number of fused-ring (bicyclic) bond motifs is 2. The van der Waals surface area contributed by atoms with Crippen molar-refractivity contribution in [2.24, 2.45) is 0 Å². The standard InChI is InChI=1S/C15H19N3/c1-2-5-12-11(4-1)15(10-17-12)18-9-3-6-13-14(18)7-8-16-13/h1-2,4-5,10,13-14,16-17H,3,6-9H2. The Morgan fingerprint density at radius 2 is 2.11 bits per heavy atom.